The first kappa shape index (κ1) is 14.4. The van der Waals surface area contributed by atoms with Gasteiger partial charge in [0.15, 0.2) is 0 Å². The van der Waals surface area contributed by atoms with Gasteiger partial charge >= 0.3 is 0 Å². The zero-order valence-corrected chi connectivity index (χ0v) is 13.3. The van der Waals surface area contributed by atoms with Crippen molar-refractivity contribution in [1.29, 1.82) is 5.26 Å². The number of nitrogens with zero attached hydrogens (tertiary/aromatic N) is 1. The minimum absolute atomic E-state index is 0.721. The van der Waals surface area contributed by atoms with Crippen LogP contribution >= 0.6 is 0 Å². The summed E-state index contributed by atoms with van der Waals surface area (Å²) in [5.41, 5.74) is 1.49. The van der Waals surface area contributed by atoms with E-state index >= 15 is 0 Å². The van der Waals surface area contributed by atoms with Crippen molar-refractivity contribution in [3.8, 4) is 6.07 Å². The second kappa shape index (κ2) is 5.70. The fourth-order valence-corrected chi connectivity index (χ4v) is 5.92. The zero-order chi connectivity index (χ0) is 14.1. The Hall–Kier alpha value is -0.510. The van der Waals surface area contributed by atoms with Crippen molar-refractivity contribution in [2.45, 2.75) is 90.4 Å². The molecule has 0 amide bonds. The summed E-state index contributed by atoms with van der Waals surface area (Å²) in [6, 6.07) is 2.38. The standard InChI is InChI=1S/C19H31N/c1-2-8-18-9-12-19(13-10-18,14-11-18)17-5-3-16(4-6-17)7-15-20/h16-17H,2-14H2,1H3. The van der Waals surface area contributed by atoms with E-state index in [1.54, 1.807) is 0 Å². The van der Waals surface area contributed by atoms with E-state index in [0.29, 0.717) is 0 Å². The van der Waals surface area contributed by atoms with Crippen LogP contribution in [0.5, 0.6) is 0 Å². The first-order valence-corrected chi connectivity index (χ1v) is 9.09. The van der Waals surface area contributed by atoms with Gasteiger partial charge in [-0.2, -0.15) is 5.26 Å². The molecule has 0 heterocycles. The Bertz CT molecular complexity index is 345. The lowest BCUT2D eigenvalue weighted by atomic mass is 9.48. The fourth-order valence-electron chi connectivity index (χ4n) is 5.92. The lowest BCUT2D eigenvalue weighted by Gasteiger charge is -2.58. The number of fused-ring (bicyclic) bond motifs is 3. The molecule has 0 aliphatic heterocycles. The van der Waals surface area contributed by atoms with Crippen molar-refractivity contribution < 1.29 is 0 Å². The number of hydrogen-bond acceptors (Lipinski definition) is 1. The van der Waals surface area contributed by atoms with Crippen LogP contribution in [0.1, 0.15) is 90.4 Å². The van der Waals surface area contributed by atoms with E-state index < -0.39 is 0 Å². The second-order valence-corrected chi connectivity index (χ2v) is 8.19. The van der Waals surface area contributed by atoms with Gasteiger partial charge in [-0.25, -0.2) is 0 Å². The van der Waals surface area contributed by atoms with E-state index in [1.807, 2.05) is 0 Å². The van der Waals surface area contributed by atoms with Crippen molar-refractivity contribution in [1.82, 2.24) is 0 Å². The first-order valence-electron chi connectivity index (χ1n) is 9.09. The van der Waals surface area contributed by atoms with E-state index in [1.165, 1.54) is 77.0 Å². The molecule has 112 valence electrons. The van der Waals surface area contributed by atoms with Crippen molar-refractivity contribution in [2.75, 3.05) is 0 Å². The Balaban J connectivity index is 1.59. The third-order valence-corrected chi connectivity index (χ3v) is 7.33. The molecule has 4 rings (SSSR count). The van der Waals surface area contributed by atoms with Gasteiger partial charge in [0.05, 0.1) is 6.07 Å². The van der Waals surface area contributed by atoms with Crippen molar-refractivity contribution in [3.63, 3.8) is 0 Å². The molecule has 0 N–H and O–H groups in total. The Labute approximate surface area is 125 Å². The van der Waals surface area contributed by atoms with E-state index in [4.69, 9.17) is 5.26 Å². The average molecular weight is 273 g/mol. The summed E-state index contributed by atoms with van der Waals surface area (Å²) in [5.74, 6) is 1.72. The summed E-state index contributed by atoms with van der Waals surface area (Å²) < 4.78 is 0. The molecule has 0 radical (unpaired) electrons. The first-order chi connectivity index (χ1) is 9.72. The maximum atomic E-state index is 8.87. The van der Waals surface area contributed by atoms with Crippen LogP contribution < -0.4 is 0 Å². The molecule has 4 aliphatic carbocycles. The molecule has 1 heteroatoms. The minimum atomic E-state index is 0.721. The highest BCUT2D eigenvalue weighted by Gasteiger charge is 2.51. The molecule has 4 aliphatic rings. The van der Waals surface area contributed by atoms with Crippen LogP contribution in [0.2, 0.25) is 0 Å². The van der Waals surface area contributed by atoms with E-state index in [9.17, 15) is 0 Å². The van der Waals surface area contributed by atoms with Crippen LogP contribution in [-0.2, 0) is 0 Å². The van der Waals surface area contributed by atoms with Crippen LogP contribution in [0.3, 0.4) is 0 Å². The maximum absolute atomic E-state index is 8.87. The van der Waals surface area contributed by atoms with Gasteiger partial charge in [0.25, 0.3) is 0 Å². The molecule has 0 atom stereocenters. The molecular formula is C19H31N. The fraction of sp³-hybridized carbons (Fsp3) is 0.947. The van der Waals surface area contributed by atoms with Gasteiger partial charge in [0.2, 0.25) is 0 Å². The molecule has 1 nitrogen and oxygen atoms in total. The Kier molecular flexibility index (Phi) is 4.11. The van der Waals surface area contributed by atoms with E-state index in [-0.39, 0.29) is 0 Å². The molecule has 4 saturated carbocycles. The highest BCUT2D eigenvalue weighted by atomic mass is 14.6. The smallest absolute Gasteiger partial charge is 0.0624 e. The summed E-state index contributed by atoms with van der Waals surface area (Å²) in [4.78, 5) is 0. The van der Waals surface area contributed by atoms with Crippen LogP contribution in [0, 0.1) is 34.0 Å². The largest absolute Gasteiger partial charge is 0.198 e. The van der Waals surface area contributed by atoms with Crippen molar-refractivity contribution >= 4 is 0 Å². The second-order valence-electron chi connectivity index (χ2n) is 8.19. The topological polar surface area (TPSA) is 23.8 Å². The van der Waals surface area contributed by atoms with Crippen LogP contribution in [0.4, 0.5) is 0 Å². The molecular weight excluding hydrogens is 242 g/mol. The van der Waals surface area contributed by atoms with Gasteiger partial charge < -0.3 is 0 Å². The lowest BCUT2D eigenvalue weighted by molar-refractivity contribution is -0.0644. The predicted octanol–water partition coefficient (Wildman–Crippen LogP) is 5.85. The molecule has 0 saturated heterocycles. The maximum Gasteiger partial charge on any atom is 0.0624 e. The average Bonchev–Trinajstić information content (AvgIpc) is 2.50. The van der Waals surface area contributed by atoms with Gasteiger partial charge in [-0.1, -0.05) is 13.3 Å². The summed E-state index contributed by atoms with van der Waals surface area (Å²) >= 11 is 0. The summed E-state index contributed by atoms with van der Waals surface area (Å²) in [6.07, 6.45) is 18.3. The van der Waals surface area contributed by atoms with Crippen molar-refractivity contribution in [2.24, 2.45) is 22.7 Å². The third kappa shape index (κ3) is 2.51. The summed E-state index contributed by atoms with van der Waals surface area (Å²) in [7, 11) is 0. The Morgan fingerprint density at radius 2 is 1.55 bits per heavy atom. The molecule has 0 aromatic rings. The zero-order valence-electron chi connectivity index (χ0n) is 13.3. The molecule has 0 aromatic heterocycles. The van der Waals surface area contributed by atoms with Crippen LogP contribution in [0.15, 0.2) is 0 Å². The Morgan fingerprint density at radius 1 is 0.950 bits per heavy atom. The van der Waals surface area contributed by atoms with Crippen LogP contribution in [0.25, 0.3) is 0 Å². The monoisotopic (exact) mass is 273 g/mol. The number of rotatable bonds is 4. The van der Waals surface area contributed by atoms with Gasteiger partial charge in [-0.15, -0.1) is 0 Å². The van der Waals surface area contributed by atoms with E-state index in [2.05, 4.69) is 13.0 Å². The minimum Gasteiger partial charge on any atom is -0.198 e. The lowest BCUT2D eigenvalue weighted by Crippen LogP contribution is -2.46. The van der Waals surface area contributed by atoms with Gasteiger partial charge in [0, 0.05) is 6.42 Å². The quantitative estimate of drug-likeness (QED) is 0.630. The normalized spacial score (nSPS) is 44.2. The van der Waals surface area contributed by atoms with E-state index in [0.717, 1.165) is 29.1 Å². The molecule has 0 unspecified atom stereocenters. The van der Waals surface area contributed by atoms with Gasteiger partial charge in [-0.3, -0.25) is 0 Å². The summed E-state index contributed by atoms with van der Waals surface area (Å²) in [6.45, 7) is 2.36. The van der Waals surface area contributed by atoms with Crippen molar-refractivity contribution in [3.05, 3.63) is 0 Å². The number of hydrogen-bond donors (Lipinski definition) is 0. The molecule has 0 spiro atoms. The number of nitriles is 1. The highest BCUT2D eigenvalue weighted by molar-refractivity contribution is 5.02. The highest BCUT2D eigenvalue weighted by Crippen LogP contribution is 2.63. The van der Waals surface area contributed by atoms with Crippen LogP contribution in [-0.4, -0.2) is 0 Å². The van der Waals surface area contributed by atoms with Gasteiger partial charge in [-0.05, 0) is 93.3 Å². The third-order valence-electron chi connectivity index (χ3n) is 7.33. The molecule has 2 bridgehead atoms. The SMILES string of the molecule is CCCC12CCC(C3CCC(CC#N)CC3)(CC1)CC2. The van der Waals surface area contributed by atoms with Gasteiger partial charge in [0.1, 0.15) is 0 Å². The molecule has 0 aromatic carbocycles. The summed E-state index contributed by atoms with van der Waals surface area (Å²) in [5, 5.41) is 8.87. The molecule has 4 fully saturated rings. The molecule has 20 heavy (non-hydrogen) atoms. The predicted molar refractivity (Wildman–Crippen MR) is 83.2 cm³/mol. The Morgan fingerprint density at radius 3 is 2.05 bits per heavy atom.